The van der Waals surface area contributed by atoms with E-state index in [2.05, 4.69) is 33.3 Å². The van der Waals surface area contributed by atoms with Crippen LogP contribution >= 0.6 is 11.3 Å². The molecule has 126 valence electrons. The molecule has 1 fully saturated rings. The summed E-state index contributed by atoms with van der Waals surface area (Å²) in [6, 6.07) is 12.7. The zero-order chi connectivity index (χ0) is 16.8. The number of carbonyl (C=O) groups is 2. The van der Waals surface area contributed by atoms with Crippen LogP contribution in [0.25, 0.3) is 0 Å². The lowest BCUT2D eigenvalue weighted by molar-refractivity contribution is 0.0919. The maximum absolute atomic E-state index is 12.1. The van der Waals surface area contributed by atoms with E-state index in [1.54, 1.807) is 40.5 Å². The highest BCUT2D eigenvalue weighted by atomic mass is 32.1. The average Bonchev–Trinajstić information content (AvgIpc) is 3.14. The molecule has 0 saturated carbocycles. The van der Waals surface area contributed by atoms with Crippen LogP contribution in [0.4, 0.5) is 4.79 Å². The van der Waals surface area contributed by atoms with Gasteiger partial charge in [-0.2, -0.15) is 0 Å². The molecular weight excluding hydrogens is 324 g/mol. The molecule has 6 nitrogen and oxygen atoms in total. The van der Waals surface area contributed by atoms with Gasteiger partial charge in [0.15, 0.2) is 0 Å². The van der Waals surface area contributed by atoms with Crippen molar-refractivity contribution in [1.82, 2.24) is 20.7 Å². The average molecular weight is 344 g/mol. The number of piperazine rings is 1. The lowest BCUT2D eigenvalue weighted by Crippen LogP contribution is -2.54. The van der Waals surface area contributed by atoms with E-state index in [9.17, 15) is 9.59 Å². The van der Waals surface area contributed by atoms with Gasteiger partial charge in [0.25, 0.3) is 5.91 Å². The van der Waals surface area contributed by atoms with Crippen LogP contribution in [-0.4, -0.2) is 47.9 Å². The van der Waals surface area contributed by atoms with E-state index in [1.807, 2.05) is 6.07 Å². The Morgan fingerprint density at radius 1 is 0.958 bits per heavy atom. The number of nitrogens with one attached hydrogen (secondary N) is 2. The molecule has 3 rings (SSSR count). The Bertz CT molecular complexity index is 667. The Morgan fingerprint density at radius 2 is 1.71 bits per heavy atom. The lowest BCUT2D eigenvalue weighted by atomic mass is 10.2. The number of hydrogen-bond acceptors (Lipinski definition) is 4. The molecule has 7 heteroatoms. The van der Waals surface area contributed by atoms with Crippen LogP contribution < -0.4 is 10.9 Å². The second kappa shape index (κ2) is 7.94. The minimum Gasteiger partial charge on any atom is -0.321 e. The van der Waals surface area contributed by atoms with Gasteiger partial charge >= 0.3 is 6.03 Å². The first-order valence-electron chi connectivity index (χ1n) is 7.87. The Kier molecular flexibility index (Phi) is 5.45. The van der Waals surface area contributed by atoms with Gasteiger partial charge in [-0.15, -0.1) is 11.3 Å². The van der Waals surface area contributed by atoms with E-state index < -0.39 is 0 Å². The molecule has 1 aromatic carbocycles. The molecule has 24 heavy (non-hydrogen) atoms. The van der Waals surface area contributed by atoms with Gasteiger partial charge in [-0.05, 0) is 23.6 Å². The summed E-state index contributed by atoms with van der Waals surface area (Å²) in [7, 11) is 0. The summed E-state index contributed by atoms with van der Waals surface area (Å²) in [5.74, 6) is -0.319. The van der Waals surface area contributed by atoms with Gasteiger partial charge in [-0.25, -0.2) is 10.2 Å². The molecule has 2 N–H and O–H groups in total. The van der Waals surface area contributed by atoms with Crippen molar-refractivity contribution in [3.8, 4) is 0 Å². The number of urea groups is 1. The summed E-state index contributed by atoms with van der Waals surface area (Å²) in [4.78, 5) is 29.4. The van der Waals surface area contributed by atoms with Gasteiger partial charge in [-0.1, -0.05) is 24.3 Å². The molecule has 2 heterocycles. The summed E-state index contributed by atoms with van der Waals surface area (Å²) in [5.41, 5.74) is 5.45. The Morgan fingerprint density at radius 3 is 2.38 bits per heavy atom. The Labute approximate surface area is 145 Å². The van der Waals surface area contributed by atoms with Gasteiger partial charge in [0.2, 0.25) is 0 Å². The molecular formula is C17H20N4O2S. The number of amides is 3. The summed E-state index contributed by atoms with van der Waals surface area (Å²) in [6.45, 7) is 3.89. The fourth-order valence-electron chi connectivity index (χ4n) is 2.58. The molecule has 2 aromatic rings. The number of thiophene rings is 1. The minimum atomic E-state index is -0.319. The predicted molar refractivity (Wildman–Crippen MR) is 93.6 cm³/mol. The highest BCUT2D eigenvalue weighted by molar-refractivity contribution is 7.09. The van der Waals surface area contributed by atoms with Crippen molar-refractivity contribution in [1.29, 1.82) is 0 Å². The van der Waals surface area contributed by atoms with Crippen molar-refractivity contribution in [2.45, 2.75) is 6.54 Å². The van der Waals surface area contributed by atoms with Gasteiger partial charge in [0.1, 0.15) is 0 Å². The van der Waals surface area contributed by atoms with E-state index in [-0.39, 0.29) is 11.9 Å². The summed E-state index contributed by atoms with van der Waals surface area (Å²) >= 11 is 1.75. The van der Waals surface area contributed by atoms with E-state index >= 15 is 0 Å². The predicted octanol–water partition coefficient (Wildman–Crippen LogP) is 1.92. The molecule has 0 atom stereocenters. The minimum absolute atomic E-state index is 0.268. The van der Waals surface area contributed by atoms with Crippen LogP contribution in [0.15, 0.2) is 47.8 Å². The monoisotopic (exact) mass is 344 g/mol. The van der Waals surface area contributed by atoms with Crippen LogP contribution in [-0.2, 0) is 6.54 Å². The quantitative estimate of drug-likeness (QED) is 0.836. The third-order valence-corrected chi connectivity index (χ3v) is 4.80. The molecule has 1 aliphatic heterocycles. The smallest absolute Gasteiger partial charge is 0.321 e. The topological polar surface area (TPSA) is 64.7 Å². The van der Waals surface area contributed by atoms with Gasteiger partial charge < -0.3 is 4.90 Å². The lowest BCUT2D eigenvalue weighted by Gasteiger charge is -2.34. The van der Waals surface area contributed by atoms with Crippen molar-refractivity contribution in [2.75, 3.05) is 26.2 Å². The van der Waals surface area contributed by atoms with Crippen molar-refractivity contribution < 1.29 is 9.59 Å². The van der Waals surface area contributed by atoms with Crippen molar-refractivity contribution in [3.05, 3.63) is 58.3 Å². The second-order valence-electron chi connectivity index (χ2n) is 5.59. The second-order valence-corrected chi connectivity index (χ2v) is 6.63. The maximum Gasteiger partial charge on any atom is 0.336 e. The van der Waals surface area contributed by atoms with Gasteiger partial charge in [0, 0.05) is 43.2 Å². The molecule has 0 bridgehead atoms. The Hall–Kier alpha value is -2.38. The van der Waals surface area contributed by atoms with E-state index in [0.717, 1.165) is 19.6 Å². The first-order valence-corrected chi connectivity index (χ1v) is 8.75. The molecule has 0 spiro atoms. The molecule has 0 unspecified atom stereocenters. The SMILES string of the molecule is O=C(NNC(=O)N1CCN(Cc2cccs2)CC1)c1ccccc1. The molecule has 1 saturated heterocycles. The molecule has 1 aliphatic rings. The number of carbonyl (C=O) groups excluding carboxylic acids is 2. The van der Waals surface area contributed by atoms with Gasteiger partial charge in [-0.3, -0.25) is 15.1 Å². The first-order chi connectivity index (χ1) is 11.7. The number of nitrogens with zero attached hydrogens (tertiary/aromatic N) is 2. The largest absolute Gasteiger partial charge is 0.336 e. The zero-order valence-electron chi connectivity index (χ0n) is 13.3. The van der Waals surface area contributed by atoms with E-state index in [0.29, 0.717) is 18.7 Å². The van der Waals surface area contributed by atoms with Crippen LogP contribution in [0.2, 0.25) is 0 Å². The number of rotatable bonds is 3. The maximum atomic E-state index is 12.1. The number of hydrogen-bond donors (Lipinski definition) is 2. The van der Waals surface area contributed by atoms with Crippen LogP contribution in [0.3, 0.4) is 0 Å². The van der Waals surface area contributed by atoms with Crippen LogP contribution in [0, 0.1) is 0 Å². The Balaban J connectivity index is 1.41. The summed E-state index contributed by atoms with van der Waals surface area (Å²) in [6.07, 6.45) is 0. The standard InChI is InChI=1S/C17H20N4O2S/c22-16(14-5-2-1-3-6-14)18-19-17(23)21-10-8-20(9-11-21)13-15-7-4-12-24-15/h1-7,12H,8-11,13H2,(H,18,22)(H,19,23). The van der Waals surface area contributed by atoms with Gasteiger partial charge in [0.05, 0.1) is 0 Å². The fraction of sp³-hybridized carbons (Fsp3) is 0.294. The number of benzene rings is 1. The highest BCUT2D eigenvalue weighted by Gasteiger charge is 2.21. The molecule has 3 amide bonds. The first kappa shape index (κ1) is 16.5. The molecule has 0 radical (unpaired) electrons. The van der Waals surface area contributed by atoms with Crippen LogP contribution in [0.1, 0.15) is 15.2 Å². The van der Waals surface area contributed by atoms with Crippen molar-refractivity contribution in [2.24, 2.45) is 0 Å². The summed E-state index contributed by atoms with van der Waals surface area (Å²) in [5, 5.41) is 2.08. The van der Waals surface area contributed by atoms with E-state index in [4.69, 9.17) is 0 Å². The summed E-state index contributed by atoms with van der Waals surface area (Å²) < 4.78 is 0. The van der Waals surface area contributed by atoms with E-state index in [1.165, 1.54) is 4.88 Å². The normalized spacial score (nSPS) is 15.1. The zero-order valence-corrected chi connectivity index (χ0v) is 14.1. The highest BCUT2D eigenvalue weighted by Crippen LogP contribution is 2.13. The third-order valence-electron chi connectivity index (χ3n) is 3.94. The number of hydrazine groups is 1. The molecule has 0 aliphatic carbocycles. The van der Waals surface area contributed by atoms with Crippen molar-refractivity contribution in [3.63, 3.8) is 0 Å². The fourth-order valence-corrected chi connectivity index (χ4v) is 3.33. The third kappa shape index (κ3) is 4.33. The molecule has 1 aromatic heterocycles. The van der Waals surface area contributed by atoms with Crippen molar-refractivity contribution >= 4 is 23.3 Å². The van der Waals surface area contributed by atoms with Crippen LogP contribution in [0.5, 0.6) is 0 Å².